The molecule has 13 heteroatoms. The molecule has 40 heavy (non-hydrogen) atoms. The van der Waals surface area contributed by atoms with Gasteiger partial charge in [0.15, 0.2) is 11.6 Å². The van der Waals surface area contributed by atoms with Crippen LogP contribution in [0.5, 0.6) is 5.75 Å². The number of halogens is 3. The summed E-state index contributed by atoms with van der Waals surface area (Å²) in [6, 6.07) is 6.57. The van der Waals surface area contributed by atoms with Crippen molar-refractivity contribution in [2.24, 2.45) is 0 Å². The minimum Gasteiger partial charge on any atom is -0.487 e. The average Bonchev–Trinajstić information content (AvgIpc) is 2.89. The Hall–Kier alpha value is -3.77. The van der Waals surface area contributed by atoms with Crippen LogP contribution in [0.4, 0.5) is 35.2 Å². The number of pyridine rings is 1. The van der Waals surface area contributed by atoms with Crippen molar-refractivity contribution in [3.8, 4) is 5.75 Å². The van der Waals surface area contributed by atoms with Crippen molar-refractivity contribution in [2.75, 3.05) is 36.4 Å². The molecule has 0 radical (unpaired) electrons. The largest absolute Gasteiger partial charge is 0.487 e. The molecule has 1 N–H and O–H groups in total. The highest BCUT2D eigenvalue weighted by Crippen LogP contribution is 2.38. The predicted octanol–water partition coefficient (Wildman–Crippen LogP) is 5.87. The van der Waals surface area contributed by atoms with Crippen LogP contribution in [-0.4, -0.2) is 64.8 Å². The van der Waals surface area contributed by atoms with E-state index in [0.717, 1.165) is 12.1 Å². The summed E-state index contributed by atoms with van der Waals surface area (Å²) in [5, 5.41) is 14.1. The number of carbonyl (C=O) groups excluding carboxylic acids is 1. The lowest BCUT2D eigenvalue weighted by Gasteiger charge is -2.37. The molecule has 4 rings (SSSR count). The van der Waals surface area contributed by atoms with Gasteiger partial charge in [0.1, 0.15) is 11.2 Å². The molecule has 1 aliphatic carbocycles. The van der Waals surface area contributed by atoms with Gasteiger partial charge in [-0.1, -0.05) is 0 Å². The predicted molar refractivity (Wildman–Crippen MR) is 143 cm³/mol. The summed E-state index contributed by atoms with van der Waals surface area (Å²) in [5.74, 6) is 1.35. The Morgan fingerprint density at radius 1 is 1.07 bits per heavy atom. The van der Waals surface area contributed by atoms with Crippen LogP contribution in [0.15, 0.2) is 36.5 Å². The molecule has 1 aromatic carbocycles. The van der Waals surface area contributed by atoms with E-state index >= 15 is 0 Å². The molecule has 0 bridgehead atoms. The number of nitrogens with zero attached hydrogens (tertiary/aromatic N) is 4. The molecule has 0 unspecified atom stereocenters. The summed E-state index contributed by atoms with van der Waals surface area (Å²) < 4.78 is 51.8. The number of carbonyl (C=O) groups is 1. The van der Waals surface area contributed by atoms with Crippen LogP contribution >= 0.6 is 0 Å². The first-order valence-electron chi connectivity index (χ1n) is 13.3. The van der Waals surface area contributed by atoms with E-state index in [1.165, 1.54) is 6.07 Å². The van der Waals surface area contributed by atoms with Crippen molar-refractivity contribution < 1.29 is 32.4 Å². The molecule has 1 aliphatic heterocycles. The standard InChI is InChI=1S/C27H34F3N5O5/c1-26(2,3)40-25(36)34-15-13-33(14-16-34)24-23(5-4-12-31-24)39-20-9-6-18(7-10-20)32-19-8-11-22(35(37)38)21(17-19)27(28,29)30/h4-5,8,11-12,17-18,20,32H,6-7,9-10,13-16H2,1-3H3. The van der Waals surface area contributed by atoms with Gasteiger partial charge >= 0.3 is 12.3 Å². The number of aromatic nitrogens is 1. The Bertz CT molecular complexity index is 1200. The van der Waals surface area contributed by atoms with Gasteiger partial charge in [-0.3, -0.25) is 10.1 Å². The fourth-order valence-electron chi connectivity index (χ4n) is 4.89. The summed E-state index contributed by atoms with van der Waals surface area (Å²) in [7, 11) is 0. The molecule has 1 saturated heterocycles. The van der Waals surface area contributed by atoms with Crippen molar-refractivity contribution in [2.45, 2.75) is 70.4 Å². The van der Waals surface area contributed by atoms with E-state index in [1.54, 1.807) is 17.2 Å². The molecule has 2 heterocycles. The maximum Gasteiger partial charge on any atom is 0.423 e. The lowest BCUT2D eigenvalue weighted by Crippen LogP contribution is -2.50. The number of ether oxygens (including phenoxy) is 2. The zero-order chi connectivity index (χ0) is 29.1. The first-order valence-corrected chi connectivity index (χ1v) is 13.3. The van der Waals surface area contributed by atoms with Gasteiger partial charge in [-0.25, -0.2) is 9.78 Å². The number of hydrogen-bond acceptors (Lipinski definition) is 8. The van der Waals surface area contributed by atoms with Gasteiger partial charge in [-0.05, 0) is 70.7 Å². The zero-order valence-electron chi connectivity index (χ0n) is 22.7. The highest BCUT2D eigenvalue weighted by molar-refractivity contribution is 5.68. The Kier molecular flexibility index (Phi) is 8.59. The fraction of sp³-hybridized carbons (Fsp3) is 0.556. The Morgan fingerprint density at radius 3 is 2.35 bits per heavy atom. The number of hydrogen-bond donors (Lipinski definition) is 1. The molecule has 10 nitrogen and oxygen atoms in total. The molecule has 2 aromatic rings. The first kappa shape index (κ1) is 29.2. The van der Waals surface area contributed by atoms with E-state index < -0.39 is 28.0 Å². The molecular weight excluding hydrogens is 531 g/mol. The Balaban J connectivity index is 1.32. The topological polar surface area (TPSA) is 110 Å². The molecule has 2 aliphatic rings. The van der Waals surface area contributed by atoms with Gasteiger partial charge in [-0.2, -0.15) is 13.2 Å². The van der Waals surface area contributed by atoms with Gasteiger partial charge in [0.05, 0.1) is 11.0 Å². The zero-order valence-corrected chi connectivity index (χ0v) is 22.7. The number of nitro groups is 1. The normalized spacial score (nSPS) is 20.1. The molecule has 1 saturated carbocycles. The maximum absolute atomic E-state index is 13.3. The third-order valence-electron chi connectivity index (χ3n) is 6.82. The fourth-order valence-corrected chi connectivity index (χ4v) is 4.89. The monoisotopic (exact) mass is 565 g/mol. The second kappa shape index (κ2) is 11.8. The lowest BCUT2D eigenvalue weighted by molar-refractivity contribution is -0.388. The van der Waals surface area contributed by atoms with E-state index in [-0.39, 0.29) is 23.9 Å². The number of anilines is 2. The number of nitro benzene ring substituents is 1. The SMILES string of the molecule is CC(C)(C)OC(=O)N1CCN(c2ncccc2OC2CCC(Nc3ccc([N+](=O)[O-])c(C(F)(F)F)c3)CC2)CC1. The van der Waals surface area contributed by atoms with Crippen LogP contribution < -0.4 is 15.0 Å². The molecule has 2 fully saturated rings. The van der Waals surface area contributed by atoms with Crippen molar-refractivity contribution in [3.63, 3.8) is 0 Å². The van der Waals surface area contributed by atoms with Crippen molar-refractivity contribution in [1.29, 1.82) is 0 Å². The highest BCUT2D eigenvalue weighted by Gasteiger charge is 2.38. The minimum atomic E-state index is -4.82. The van der Waals surface area contributed by atoms with Gasteiger partial charge in [-0.15, -0.1) is 0 Å². The van der Waals surface area contributed by atoms with Crippen LogP contribution in [0.1, 0.15) is 52.0 Å². The van der Waals surface area contributed by atoms with Gasteiger partial charge in [0.2, 0.25) is 0 Å². The first-order chi connectivity index (χ1) is 18.8. The number of nitrogens with one attached hydrogen (secondary N) is 1. The molecule has 1 amide bonds. The van der Waals surface area contributed by atoms with Crippen molar-refractivity contribution in [3.05, 3.63) is 52.2 Å². The summed E-state index contributed by atoms with van der Waals surface area (Å²) in [6.45, 7) is 7.67. The third kappa shape index (κ3) is 7.45. The number of piperazine rings is 1. The summed E-state index contributed by atoms with van der Waals surface area (Å²) in [5.41, 5.74) is -2.59. The number of rotatable bonds is 6. The number of amides is 1. The van der Waals surface area contributed by atoms with E-state index in [0.29, 0.717) is 63.4 Å². The summed E-state index contributed by atoms with van der Waals surface area (Å²) >= 11 is 0. The molecule has 1 aromatic heterocycles. The number of alkyl halides is 3. The van der Waals surface area contributed by atoms with Gasteiger partial charge in [0, 0.05) is 50.2 Å². The van der Waals surface area contributed by atoms with Crippen LogP contribution in [0, 0.1) is 10.1 Å². The van der Waals surface area contributed by atoms with Crippen LogP contribution in [0.25, 0.3) is 0 Å². The van der Waals surface area contributed by atoms with Gasteiger partial charge < -0.3 is 24.6 Å². The van der Waals surface area contributed by atoms with E-state index in [2.05, 4.69) is 15.2 Å². The van der Waals surface area contributed by atoms with Crippen molar-refractivity contribution >= 4 is 23.3 Å². The quantitative estimate of drug-likeness (QED) is 0.342. The average molecular weight is 566 g/mol. The minimum absolute atomic E-state index is 0.0864. The lowest BCUT2D eigenvalue weighted by atomic mass is 9.92. The molecule has 218 valence electrons. The smallest absolute Gasteiger partial charge is 0.423 e. The summed E-state index contributed by atoms with van der Waals surface area (Å²) in [6.07, 6.45) is -0.877. The molecular formula is C27H34F3N5O5. The Labute approximate surface area is 230 Å². The maximum atomic E-state index is 13.3. The van der Waals surface area contributed by atoms with Crippen LogP contribution in [-0.2, 0) is 10.9 Å². The second-order valence-corrected chi connectivity index (χ2v) is 11.0. The van der Waals surface area contributed by atoms with E-state index in [4.69, 9.17) is 9.47 Å². The number of benzene rings is 1. The van der Waals surface area contributed by atoms with Crippen molar-refractivity contribution in [1.82, 2.24) is 9.88 Å². The van der Waals surface area contributed by atoms with Gasteiger partial charge in [0.25, 0.3) is 5.69 Å². The highest BCUT2D eigenvalue weighted by atomic mass is 19.4. The molecule has 0 atom stereocenters. The van der Waals surface area contributed by atoms with E-state index in [1.807, 2.05) is 26.8 Å². The third-order valence-corrected chi connectivity index (χ3v) is 6.82. The van der Waals surface area contributed by atoms with Crippen LogP contribution in [0.3, 0.4) is 0 Å². The van der Waals surface area contributed by atoms with Crippen LogP contribution in [0.2, 0.25) is 0 Å². The van der Waals surface area contributed by atoms with E-state index in [9.17, 15) is 28.1 Å². The second-order valence-electron chi connectivity index (χ2n) is 11.0. The Morgan fingerprint density at radius 2 is 1.75 bits per heavy atom. The summed E-state index contributed by atoms with van der Waals surface area (Å²) in [4.78, 5) is 30.7. The molecule has 0 spiro atoms.